The fourth-order valence-corrected chi connectivity index (χ4v) is 1.87. The summed E-state index contributed by atoms with van der Waals surface area (Å²) in [6.07, 6.45) is 2.71. The minimum Gasteiger partial charge on any atom is -0.356 e. The van der Waals surface area contributed by atoms with Crippen molar-refractivity contribution in [2.75, 3.05) is 13.1 Å². The highest BCUT2D eigenvalue weighted by atomic mass is 16.1. The lowest BCUT2D eigenvalue weighted by Crippen LogP contribution is -2.36. The second-order valence-electron chi connectivity index (χ2n) is 4.60. The highest BCUT2D eigenvalue weighted by Gasteiger charge is 2.16. The molecule has 18 heavy (non-hydrogen) atoms. The Labute approximate surface area is 110 Å². The molecule has 3 nitrogen and oxygen atoms in total. The van der Waals surface area contributed by atoms with Gasteiger partial charge in [-0.1, -0.05) is 38.1 Å². The third kappa shape index (κ3) is 4.49. The SMILES string of the molecule is CCCNC(=O)C(CN)Cc1ccc(CC)cc1. The number of benzene rings is 1. The Morgan fingerprint density at radius 2 is 1.83 bits per heavy atom. The van der Waals surface area contributed by atoms with E-state index in [0.29, 0.717) is 6.54 Å². The molecule has 1 atom stereocenters. The first-order valence-electron chi connectivity index (χ1n) is 6.76. The number of hydrogen-bond donors (Lipinski definition) is 2. The number of carbonyl (C=O) groups is 1. The predicted octanol–water partition coefficient (Wildman–Crippen LogP) is 1.89. The van der Waals surface area contributed by atoms with Crippen LogP contribution in [0.4, 0.5) is 0 Å². The Hall–Kier alpha value is -1.35. The summed E-state index contributed by atoms with van der Waals surface area (Å²) in [5.41, 5.74) is 8.18. The molecule has 1 amide bonds. The second-order valence-corrected chi connectivity index (χ2v) is 4.60. The van der Waals surface area contributed by atoms with Gasteiger partial charge in [0, 0.05) is 13.1 Å². The maximum Gasteiger partial charge on any atom is 0.224 e. The molecule has 0 aliphatic heterocycles. The molecule has 0 radical (unpaired) electrons. The highest BCUT2D eigenvalue weighted by Crippen LogP contribution is 2.10. The van der Waals surface area contributed by atoms with Gasteiger partial charge in [0.1, 0.15) is 0 Å². The van der Waals surface area contributed by atoms with Gasteiger partial charge < -0.3 is 11.1 Å². The number of nitrogens with one attached hydrogen (secondary N) is 1. The van der Waals surface area contributed by atoms with Gasteiger partial charge in [0.25, 0.3) is 0 Å². The summed E-state index contributed by atoms with van der Waals surface area (Å²) in [7, 11) is 0. The average molecular weight is 248 g/mol. The summed E-state index contributed by atoms with van der Waals surface area (Å²) in [6.45, 7) is 5.30. The third-order valence-electron chi connectivity index (χ3n) is 3.12. The molecule has 3 heteroatoms. The number of rotatable bonds is 7. The second kappa shape index (κ2) is 7.88. The third-order valence-corrected chi connectivity index (χ3v) is 3.12. The lowest BCUT2D eigenvalue weighted by molar-refractivity contribution is -0.124. The van der Waals surface area contributed by atoms with Crippen LogP contribution >= 0.6 is 0 Å². The molecule has 0 aliphatic rings. The molecule has 1 aromatic rings. The fourth-order valence-electron chi connectivity index (χ4n) is 1.87. The molecule has 0 saturated heterocycles. The van der Waals surface area contributed by atoms with Crippen LogP contribution in [0, 0.1) is 5.92 Å². The Morgan fingerprint density at radius 3 is 2.33 bits per heavy atom. The largest absolute Gasteiger partial charge is 0.356 e. The van der Waals surface area contributed by atoms with Gasteiger partial charge in [-0.3, -0.25) is 4.79 Å². The van der Waals surface area contributed by atoms with Gasteiger partial charge >= 0.3 is 0 Å². The summed E-state index contributed by atoms with van der Waals surface area (Å²) in [5, 5.41) is 2.91. The minimum absolute atomic E-state index is 0.0684. The Balaban J connectivity index is 2.58. The average Bonchev–Trinajstić information content (AvgIpc) is 2.42. The van der Waals surface area contributed by atoms with E-state index >= 15 is 0 Å². The first-order valence-corrected chi connectivity index (χ1v) is 6.76. The number of carbonyl (C=O) groups excluding carboxylic acids is 1. The normalized spacial score (nSPS) is 12.2. The molecule has 0 aromatic heterocycles. The summed E-state index contributed by atoms with van der Waals surface area (Å²) in [4.78, 5) is 11.9. The smallest absolute Gasteiger partial charge is 0.224 e. The van der Waals surface area contributed by atoms with Crippen LogP contribution < -0.4 is 11.1 Å². The maximum atomic E-state index is 11.9. The Kier molecular flexibility index (Phi) is 6.44. The molecule has 0 fully saturated rings. The molecule has 0 aliphatic carbocycles. The van der Waals surface area contributed by atoms with Crippen molar-refractivity contribution in [2.45, 2.75) is 33.1 Å². The van der Waals surface area contributed by atoms with E-state index in [4.69, 9.17) is 5.73 Å². The van der Waals surface area contributed by atoms with Crippen molar-refractivity contribution in [3.63, 3.8) is 0 Å². The van der Waals surface area contributed by atoms with Crippen molar-refractivity contribution >= 4 is 5.91 Å². The van der Waals surface area contributed by atoms with E-state index in [1.54, 1.807) is 0 Å². The number of hydrogen-bond acceptors (Lipinski definition) is 2. The lowest BCUT2D eigenvalue weighted by Gasteiger charge is -2.14. The summed E-state index contributed by atoms with van der Waals surface area (Å²) in [5.74, 6) is -0.0528. The van der Waals surface area contributed by atoms with Crippen molar-refractivity contribution in [2.24, 2.45) is 11.7 Å². The molecular weight excluding hydrogens is 224 g/mol. The fraction of sp³-hybridized carbons (Fsp3) is 0.533. The first kappa shape index (κ1) is 14.7. The van der Waals surface area contributed by atoms with Crippen molar-refractivity contribution < 1.29 is 4.79 Å². The molecular formula is C15H24N2O. The van der Waals surface area contributed by atoms with Gasteiger partial charge in [0.2, 0.25) is 5.91 Å². The van der Waals surface area contributed by atoms with E-state index in [2.05, 4.69) is 36.5 Å². The zero-order valence-electron chi connectivity index (χ0n) is 11.4. The van der Waals surface area contributed by atoms with Crippen molar-refractivity contribution in [1.82, 2.24) is 5.32 Å². The maximum absolute atomic E-state index is 11.9. The summed E-state index contributed by atoms with van der Waals surface area (Å²) in [6, 6.07) is 8.42. The first-order chi connectivity index (χ1) is 8.71. The molecule has 1 rings (SSSR count). The predicted molar refractivity (Wildman–Crippen MR) is 75.4 cm³/mol. The zero-order chi connectivity index (χ0) is 13.4. The molecule has 0 spiro atoms. The van der Waals surface area contributed by atoms with Gasteiger partial charge in [0.15, 0.2) is 0 Å². The van der Waals surface area contributed by atoms with E-state index in [0.717, 1.165) is 25.8 Å². The van der Waals surface area contributed by atoms with Crippen LogP contribution in [-0.4, -0.2) is 19.0 Å². The number of nitrogens with two attached hydrogens (primary N) is 1. The van der Waals surface area contributed by atoms with E-state index in [1.165, 1.54) is 11.1 Å². The molecule has 100 valence electrons. The van der Waals surface area contributed by atoms with Crippen molar-refractivity contribution in [1.29, 1.82) is 0 Å². The van der Waals surface area contributed by atoms with Crippen molar-refractivity contribution in [3.8, 4) is 0 Å². The van der Waals surface area contributed by atoms with Crippen LogP contribution in [0.15, 0.2) is 24.3 Å². The van der Waals surface area contributed by atoms with Crippen molar-refractivity contribution in [3.05, 3.63) is 35.4 Å². The summed E-state index contributed by atoms with van der Waals surface area (Å²) >= 11 is 0. The lowest BCUT2D eigenvalue weighted by atomic mass is 9.97. The van der Waals surface area contributed by atoms with Crippen LogP contribution in [-0.2, 0) is 17.6 Å². The molecule has 1 aromatic carbocycles. The number of aryl methyl sites for hydroxylation is 1. The van der Waals surface area contributed by atoms with Crippen LogP contribution in [0.2, 0.25) is 0 Å². The highest BCUT2D eigenvalue weighted by molar-refractivity contribution is 5.79. The molecule has 1 unspecified atom stereocenters. The monoisotopic (exact) mass is 248 g/mol. The Morgan fingerprint density at radius 1 is 1.22 bits per heavy atom. The Bertz CT molecular complexity index is 359. The number of amides is 1. The van der Waals surface area contributed by atoms with Crippen LogP contribution in [0.5, 0.6) is 0 Å². The van der Waals surface area contributed by atoms with E-state index in [1.807, 2.05) is 6.92 Å². The minimum atomic E-state index is -0.121. The standard InChI is InChI=1S/C15H24N2O/c1-3-9-17-15(18)14(11-16)10-13-7-5-12(4-2)6-8-13/h5-8,14H,3-4,9-11,16H2,1-2H3,(H,17,18). The topological polar surface area (TPSA) is 55.1 Å². The van der Waals surface area contributed by atoms with Gasteiger partial charge in [-0.2, -0.15) is 0 Å². The van der Waals surface area contributed by atoms with E-state index < -0.39 is 0 Å². The molecule has 0 bridgehead atoms. The molecule has 3 N–H and O–H groups in total. The van der Waals surface area contributed by atoms with Gasteiger partial charge in [-0.25, -0.2) is 0 Å². The van der Waals surface area contributed by atoms with Gasteiger partial charge in [-0.05, 0) is 30.4 Å². The van der Waals surface area contributed by atoms with E-state index in [-0.39, 0.29) is 11.8 Å². The zero-order valence-corrected chi connectivity index (χ0v) is 11.4. The van der Waals surface area contributed by atoms with Crippen LogP contribution in [0.1, 0.15) is 31.4 Å². The van der Waals surface area contributed by atoms with Gasteiger partial charge in [-0.15, -0.1) is 0 Å². The van der Waals surface area contributed by atoms with Crippen LogP contribution in [0.25, 0.3) is 0 Å². The van der Waals surface area contributed by atoms with Crippen LogP contribution in [0.3, 0.4) is 0 Å². The molecule has 0 saturated carbocycles. The van der Waals surface area contributed by atoms with E-state index in [9.17, 15) is 4.79 Å². The van der Waals surface area contributed by atoms with Gasteiger partial charge in [0.05, 0.1) is 5.92 Å². The summed E-state index contributed by atoms with van der Waals surface area (Å²) < 4.78 is 0. The quantitative estimate of drug-likeness (QED) is 0.774. The molecule has 0 heterocycles.